The molecule has 2 unspecified atom stereocenters. The number of aromatic nitrogens is 2. The quantitative estimate of drug-likeness (QED) is 0.920. The van der Waals surface area contributed by atoms with E-state index in [1.807, 2.05) is 29.3 Å². The lowest BCUT2D eigenvalue weighted by atomic mass is 9.92. The first-order valence-electron chi connectivity index (χ1n) is 8.41. The van der Waals surface area contributed by atoms with Gasteiger partial charge in [0, 0.05) is 24.7 Å². The van der Waals surface area contributed by atoms with Crippen LogP contribution >= 0.6 is 11.3 Å². The summed E-state index contributed by atoms with van der Waals surface area (Å²) in [5.41, 5.74) is 1.97. The van der Waals surface area contributed by atoms with E-state index in [2.05, 4.69) is 29.1 Å². The smallest absolute Gasteiger partial charge is 0.228 e. The van der Waals surface area contributed by atoms with Crippen LogP contribution in [0.15, 0.2) is 23.7 Å². The fourth-order valence-electron chi connectivity index (χ4n) is 3.29. The summed E-state index contributed by atoms with van der Waals surface area (Å²) in [4.78, 5) is 23.3. The highest BCUT2D eigenvalue weighted by atomic mass is 32.1. The summed E-state index contributed by atoms with van der Waals surface area (Å²) in [6.45, 7) is 8.20. The van der Waals surface area contributed by atoms with Crippen LogP contribution in [0.1, 0.15) is 31.5 Å². The van der Waals surface area contributed by atoms with Gasteiger partial charge in [-0.2, -0.15) is 0 Å². The van der Waals surface area contributed by atoms with Gasteiger partial charge in [0.25, 0.3) is 0 Å². The van der Waals surface area contributed by atoms with Crippen LogP contribution in [-0.2, 0) is 11.2 Å². The Morgan fingerprint density at radius 3 is 2.83 bits per heavy atom. The van der Waals surface area contributed by atoms with Crippen molar-refractivity contribution in [1.82, 2.24) is 14.9 Å². The third kappa shape index (κ3) is 4.32. The minimum absolute atomic E-state index is 0.180. The van der Waals surface area contributed by atoms with Crippen molar-refractivity contribution in [3.05, 3.63) is 35.0 Å². The molecule has 0 saturated carbocycles. The van der Waals surface area contributed by atoms with Crippen molar-refractivity contribution in [2.75, 3.05) is 18.4 Å². The fourth-order valence-corrected chi connectivity index (χ4v) is 4.01. The number of rotatable bonds is 4. The number of amides is 1. The molecule has 0 aliphatic carbocycles. The van der Waals surface area contributed by atoms with Crippen molar-refractivity contribution >= 4 is 28.2 Å². The van der Waals surface area contributed by atoms with Gasteiger partial charge in [0.2, 0.25) is 5.91 Å². The number of thiazole rings is 1. The molecule has 1 fully saturated rings. The molecule has 0 bridgehead atoms. The second-order valence-electron chi connectivity index (χ2n) is 6.91. The number of hydrogen-bond acceptors (Lipinski definition) is 5. The van der Waals surface area contributed by atoms with Crippen molar-refractivity contribution in [2.24, 2.45) is 11.8 Å². The van der Waals surface area contributed by atoms with E-state index >= 15 is 0 Å². The standard InChI is InChI=1S/C18H24N4OS/c1-12-4-5-19-16(7-12)21-18-20-15(11-24-18)8-17(23)22-9-13(2)6-14(3)10-22/h4-5,7,11,13-14H,6,8-10H2,1-3H3,(H,19,20,21). The van der Waals surface area contributed by atoms with Gasteiger partial charge in [0.05, 0.1) is 12.1 Å². The number of nitrogens with one attached hydrogen (secondary N) is 1. The third-order valence-electron chi connectivity index (χ3n) is 4.26. The first-order chi connectivity index (χ1) is 11.5. The van der Waals surface area contributed by atoms with Crippen molar-refractivity contribution in [1.29, 1.82) is 0 Å². The van der Waals surface area contributed by atoms with Crippen LogP contribution in [0.3, 0.4) is 0 Å². The Bertz CT molecular complexity index is 705. The maximum absolute atomic E-state index is 12.5. The number of piperidine rings is 1. The van der Waals surface area contributed by atoms with E-state index in [-0.39, 0.29) is 5.91 Å². The molecule has 0 radical (unpaired) electrons. The van der Waals surface area contributed by atoms with Gasteiger partial charge in [-0.1, -0.05) is 13.8 Å². The second kappa shape index (κ2) is 7.30. The Morgan fingerprint density at radius 2 is 2.12 bits per heavy atom. The molecular formula is C18H24N4OS. The molecule has 2 aromatic heterocycles. The van der Waals surface area contributed by atoms with E-state index in [4.69, 9.17) is 0 Å². The molecule has 24 heavy (non-hydrogen) atoms. The van der Waals surface area contributed by atoms with Gasteiger partial charge in [-0.05, 0) is 42.9 Å². The number of likely N-dealkylation sites (tertiary alicyclic amines) is 1. The summed E-state index contributed by atoms with van der Waals surface area (Å²) in [5.74, 6) is 2.12. The van der Waals surface area contributed by atoms with E-state index in [9.17, 15) is 4.79 Å². The molecule has 2 aromatic rings. The van der Waals surface area contributed by atoms with Gasteiger partial charge in [-0.15, -0.1) is 11.3 Å². The SMILES string of the molecule is Cc1ccnc(Nc2nc(CC(=O)N3CC(C)CC(C)C3)cs2)c1. The highest BCUT2D eigenvalue weighted by molar-refractivity contribution is 7.13. The monoisotopic (exact) mass is 344 g/mol. The van der Waals surface area contributed by atoms with E-state index in [0.29, 0.717) is 18.3 Å². The van der Waals surface area contributed by atoms with Gasteiger partial charge in [-0.3, -0.25) is 4.79 Å². The zero-order valence-electron chi connectivity index (χ0n) is 14.5. The summed E-state index contributed by atoms with van der Waals surface area (Å²) in [6, 6.07) is 3.93. The molecule has 128 valence electrons. The Labute approximate surface area is 147 Å². The average Bonchev–Trinajstić information content (AvgIpc) is 2.93. The van der Waals surface area contributed by atoms with Gasteiger partial charge in [0.1, 0.15) is 5.82 Å². The first kappa shape index (κ1) is 16.9. The molecule has 1 N–H and O–H groups in total. The summed E-state index contributed by atoms with van der Waals surface area (Å²) >= 11 is 1.51. The normalized spacial score (nSPS) is 20.9. The number of hydrogen-bond donors (Lipinski definition) is 1. The third-order valence-corrected chi connectivity index (χ3v) is 5.06. The molecule has 1 amide bonds. The maximum Gasteiger partial charge on any atom is 0.228 e. The lowest BCUT2D eigenvalue weighted by Gasteiger charge is -2.35. The lowest BCUT2D eigenvalue weighted by Crippen LogP contribution is -2.43. The summed E-state index contributed by atoms with van der Waals surface area (Å²) in [5, 5.41) is 5.93. The number of nitrogens with zero attached hydrogens (tertiary/aromatic N) is 3. The van der Waals surface area contributed by atoms with Gasteiger partial charge in [-0.25, -0.2) is 9.97 Å². The van der Waals surface area contributed by atoms with Crippen LogP contribution in [0.2, 0.25) is 0 Å². The number of carbonyl (C=O) groups is 1. The second-order valence-corrected chi connectivity index (χ2v) is 7.77. The number of pyridine rings is 1. The van der Waals surface area contributed by atoms with Crippen LogP contribution in [0, 0.1) is 18.8 Å². The largest absolute Gasteiger partial charge is 0.342 e. The minimum atomic E-state index is 0.180. The Kier molecular flexibility index (Phi) is 5.14. The predicted molar refractivity (Wildman–Crippen MR) is 97.6 cm³/mol. The van der Waals surface area contributed by atoms with Crippen molar-refractivity contribution in [3.63, 3.8) is 0 Å². The molecule has 0 aromatic carbocycles. The lowest BCUT2D eigenvalue weighted by molar-refractivity contribution is -0.133. The number of anilines is 2. The molecule has 0 spiro atoms. The number of carbonyl (C=O) groups excluding carboxylic acids is 1. The molecule has 3 heterocycles. The molecule has 2 atom stereocenters. The van der Waals surface area contributed by atoms with Crippen molar-refractivity contribution in [3.8, 4) is 0 Å². The topological polar surface area (TPSA) is 58.1 Å². The molecule has 5 nitrogen and oxygen atoms in total. The van der Waals surface area contributed by atoms with Crippen LogP contribution in [0.4, 0.5) is 10.9 Å². The van der Waals surface area contributed by atoms with Gasteiger partial charge in [0.15, 0.2) is 5.13 Å². The van der Waals surface area contributed by atoms with E-state index in [1.54, 1.807) is 6.20 Å². The van der Waals surface area contributed by atoms with E-state index in [1.165, 1.54) is 17.8 Å². The van der Waals surface area contributed by atoms with E-state index in [0.717, 1.165) is 35.3 Å². The zero-order valence-corrected chi connectivity index (χ0v) is 15.3. The Hall–Kier alpha value is -1.95. The van der Waals surface area contributed by atoms with Crippen LogP contribution < -0.4 is 5.32 Å². The highest BCUT2D eigenvalue weighted by Crippen LogP contribution is 2.23. The Balaban J connectivity index is 1.60. The summed E-state index contributed by atoms with van der Waals surface area (Å²) in [6.07, 6.45) is 3.35. The predicted octanol–water partition coefficient (Wildman–Crippen LogP) is 3.64. The molecule has 1 saturated heterocycles. The highest BCUT2D eigenvalue weighted by Gasteiger charge is 2.25. The van der Waals surface area contributed by atoms with Crippen molar-refractivity contribution < 1.29 is 4.79 Å². The first-order valence-corrected chi connectivity index (χ1v) is 9.29. The zero-order chi connectivity index (χ0) is 17.1. The summed E-state index contributed by atoms with van der Waals surface area (Å²) in [7, 11) is 0. The van der Waals surface area contributed by atoms with Crippen LogP contribution in [-0.4, -0.2) is 33.9 Å². The number of aryl methyl sites for hydroxylation is 1. The fraction of sp³-hybridized carbons (Fsp3) is 0.500. The summed E-state index contributed by atoms with van der Waals surface area (Å²) < 4.78 is 0. The molecular weight excluding hydrogens is 320 g/mol. The maximum atomic E-state index is 12.5. The van der Waals surface area contributed by atoms with Crippen LogP contribution in [0.5, 0.6) is 0 Å². The van der Waals surface area contributed by atoms with Gasteiger partial charge < -0.3 is 10.2 Å². The van der Waals surface area contributed by atoms with Gasteiger partial charge >= 0.3 is 0 Å². The van der Waals surface area contributed by atoms with Crippen molar-refractivity contribution in [2.45, 2.75) is 33.6 Å². The molecule has 6 heteroatoms. The van der Waals surface area contributed by atoms with Crippen LogP contribution in [0.25, 0.3) is 0 Å². The average molecular weight is 344 g/mol. The molecule has 3 rings (SSSR count). The van der Waals surface area contributed by atoms with E-state index < -0.39 is 0 Å². The molecule has 1 aliphatic heterocycles. The minimum Gasteiger partial charge on any atom is -0.342 e. The molecule has 1 aliphatic rings. The Morgan fingerprint density at radius 1 is 1.38 bits per heavy atom.